The van der Waals surface area contributed by atoms with Gasteiger partial charge in [0.25, 0.3) is 0 Å². The molecule has 0 aliphatic carbocycles. The number of nitrogen functional groups attached to an aromatic ring is 1. The number of hydrogen-bond donors (Lipinski definition) is 3. The Bertz CT molecular complexity index is 1430. The number of aromatic amines is 1. The Labute approximate surface area is 190 Å². The second-order valence-electron chi connectivity index (χ2n) is 7.81. The molecule has 2 aromatic heterocycles. The summed E-state index contributed by atoms with van der Waals surface area (Å²) in [6, 6.07) is 21.9. The standard InChI is InChI=1S/C26H22FN5O/c1-16-11-21(9-10-24(16)33-14-17-3-2-4-19(27)12-17)31-26-25-23(29-15-30-26)13-22(32-25)18-5-7-20(28)8-6-18/h2-13,15,32H,14,28H2,1H3,(H,29,30,31). The summed E-state index contributed by atoms with van der Waals surface area (Å²) in [5.41, 5.74) is 12.7. The minimum atomic E-state index is -0.271. The van der Waals surface area contributed by atoms with Crippen LogP contribution in [0.1, 0.15) is 11.1 Å². The van der Waals surface area contributed by atoms with Crippen LogP contribution in [0.15, 0.2) is 79.1 Å². The molecule has 0 radical (unpaired) electrons. The highest BCUT2D eigenvalue weighted by Crippen LogP contribution is 2.30. The average molecular weight is 439 g/mol. The van der Waals surface area contributed by atoms with E-state index in [0.29, 0.717) is 12.4 Å². The summed E-state index contributed by atoms with van der Waals surface area (Å²) in [6.45, 7) is 2.27. The lowest BCUT2D eigenvalue weighted by Crippen LogP contribution is -1.99. The molecule has 2 heterocycles. The average Bonchev–Trinajstić information content (AvgIpc) is 3.24. The molecule has 0 aliphatic rings. The van der Waals surface area contributed by atoms with Gasteiger partial charge < -0.3 is 20.8 Å². The van der Waals surface area contributed by atoms with Crippen LogP contribution in [0.5, 0.6) is 5.75 Å². The third kappa shape index (κ3) is 4.48. The Balaban J connectivity index is 1.36. The molecule has 0 saturated heterocycles. The van der Waals surface area contributed by atoms with Crippen molar-refractivity contribution in [3.05, 3.63) is 96.1 Å². The topological polar surface area (TPSA) is 88.9 Å². The largest absolute Gasteiger partial charge is 0.489 e. The molecule has 4 N–H and O–H groups in total. The fraction of sp³-hybridized carbons (Fsp3) is 0.0769. The smallest absolute Gasteiger partial charge is 0.158 e. The van der Waals surface area contributed by atoms with Gasteiger partial charge in [-0.15, -0.1) is 0 Å². The first kappa shape index (κ1) is 20.5. The summed E-state index contributed by atoms with van der Waals surface area (Å²) in [5.74, 6) is 1.14. The Morgan fingerprint density at radius 3 is 2.64 bits per heavy atom. The van der Waals surface area contributed by atoms with E-state index in [9.17, 15) is 4.39 Å². The molecule has 0 spiro atoms. The van der Waals surface area contributed by atoms with Gasteiger partial charge >= 0.3 is 0 Å². The number of anilines is 3. The number of aromatic nitrogens is 3. The molecule has 164 valence electrons. The van der Waals surface area contributed by atoms with Crippen molar-refractivity contribution in [1.82, 2.24) is 15.0 Å². The number of nitrogens with two attached hydrogens (primary N) is 1. The quantitative estimate of drug-likeness (QED) is 0.283. The van der Waals surface area contributed by atoms with Gasteiger partial charge in [0.1, 0.15) is 30.0 Å². The van der Waals surface area contributed by atoms with E-state index in [0.717, 1.165) is 50.5 Å². The minimum Gasteiger partial charge on any atom is -0.489 e. The predicted molar refractivity (Wildman–Crippen MR) is 129 cm³/mol. The molecule has 0 aliphatic heterocycles. The number of ether oxygens (including phenoxy) is 1. The molecule has 5 aromatic rings. The lowest BCUT2D eigenvalue weighted by molar-refractivity contribution is 0.303. The van der Waals surface area contributed by atoms with Crippen LogP contribution in [0.25, 0.3) is 22.3 Å². The van der Waals surface area contributed by atoms with E-state index in [4.69, 9.17) is 10.5 Å². The summed E-state index contributed by atoms with van der Waals surface area (Å²) in [6.07, 6.45) is 1.54. The molecule has 0 amide bonds. The Morgan fingerprint density at radius 2 is 1.85 bits per heavy atom. The van der Waals surface area contributed by atoms with Crippen LogP contribution >= 0.6 is 0 Å². The number of fused-ring (bicyclic) bond motifs is 1. The van der Waals surface area contributed by atoms with E-state index in [1.54, 1.807) is 6.07 Å². The molecule has 7 heteroatoms. The van der Waals surface area contributed by atoms with Gasteiger partial charge in [-0.3, -0.25) is 0 Å². The molecular formula is C26H22FN5O. The van der Waals surface area contributed by atoms with Crippen molar-refractivity contribution in [2.45, 2.75) is 13.5 Å². The van der Waals surface area contributed by atoms with Crippen molar-refractivity contribution in [1.29, 1.82) is 0 Å². The first-order valence-electron chi connectivity index (χ1n) is 10.5. The Kier molecular flexibility index (Phi) is 5.36. The van der Waals surface area contributed by atoms with Gasteiger partial charge in [0, 0.05) is 17.1 Å². The van der Waals surface area contributed by atoms with Crippen molar-refractivity contribution < 1.29 is 9.13 Å². The summed E-state index contributed by atoms with van der Waals surface area (Å²) < 4.78 is 19.3. The number of benzene rings is 3. The predicted octanol–water partition coefficient (Wildman–Crippen LogP) is 5.98. The number of nitrogens with one attached hydrogen (secondary N) is 2. The van der Waals surface area contributed by atoms with Crippen molar-refractivity contribution in [2.24, 2.45) is 0 Å². The third-order valence-electron chi connectivity index (χ3n) is 5.36. The van der Waals surface area contributed by atoms with Gasteiger partial charge in [0.05, 0.1) is 5.52 Å². The van der Waals surface area contributed by atoms with Crippen LogP contribution < -0.4 is 15.8 Å². The minimum absolute atomic E-state index is 0.271. The fourth-order valence-corrected chi connectivity index (χ4v) is 3.67. The number of H-pyrrole nitrogens is 1. The molecule has 33 heavy (non-hydrogen) atoms. The van der Waals surface area contributed by atoms with Gasteiger partial charge in [-0.05, 0) is 72.1 Å². The molecule has 5 rings (SSSR count). The molecule has 0 atom stereocenters. The van der Waals surface area contributed by atoms with E-state index in [2.05, 4.69) is 20.3 Å². The highest BCUT2D eigenvalue weighted by molar-refractivity contribution is 5.91. The number of nitrogens with zero attached hydrogens (tertiary/aromatic N) is 2. The maximum atomic E-state index is 13.4. The maximum Gasteiger partial charge on any atom is 0.158 e. The number of rotatable bonds is 6. The summed E-state index contributed by atoms with van der Waals surface area (Å²) >= 11 is 0. The monoisotopic (exact) mass is 439 g/mol. The van der Waals surface area contributed by atoms with Crippen molar-refractivity contribution in [2.75, 3.05) is 11.1 Å². The first-order chi connectivity index (χ1) is 16.0. The SMILES string of the molecule is Cc1cc(Nc2ncnc3cc(-c4ccc(N)cc4)[nH]c23)ccc1OCc1cccc(F)c1. The number of halogens is 1. The molecule has 3 aromatic carbocycles. The molecule has 0 saturated carbocycles. The van der Waals surface area contributed by atoms with E-state index >= 15 is 0 Å². The Hall–Kier alpha value is -4.39. The van der Waals surface area contributed by atoms with Gasteiger partial charge in [0.15, 0.2) is 5.82 Å². The first-order valence-corrected chi connectivity index (χ1v) is 10.5. The van der Waals surface area contributed by atoms with Gasteiger partial charge in [-0.1, -0.05) is 24.3 Å². The zero-order chi connectivity index (χ0) is 22.8. The molecule has 0 unspecified atom stereocenters. The Morgan fingerprint density at radius 1 is 1.00 bits per heavy atom. The zero-order valence-corrected chi connectivity index (χ0v) is 18.0. The lowest BCUT2D eigenvalue weighted by atomic mass is 10.1. The lowest BCUT2D eigenvalue weighted by Gasteiger charge is -2.12. The van der Waals surface area contributed by atoms with E-state index < -0.39 is 0 Å². The number of aryl methyl sites for hydroxylation is 1. The molecular weight excluding hydrogens is 417 g/mol. The van der Waals surface area contributed by atoms with Crippen LogP contribution in [-0.4, -0.2) is 15.0 Å². The van der Waals surface area contributed by atoms with E-state index in [1.165, 1.54) is 18.5 Å². The van der Waals surface area contributed by atoms with Crippen LogP contribution in [0.2, 0.25) is 0 Å². The molecule has 6 nitrogen and oxygen atoms in total. The summed E-state index contributed by atoms with van der Waals surface area (Å²) in [5, 5.41) is 3.36. The highest BCUT2D eigenvalue weighted by atomic mass is 19.1. The summed E-state index contributed by atoms with van der Waals surface area (Å²) in [4.78, 5) is 12.2. The van der Waals surface area contributed by atoms with Crippen molar-refractivity contribution >= 4 is 28.2 Å². The van der Waals surface area contributed by atoms with Gasteiger partial charge in [-0.25, -0.2) is 14.4 Å². The van der Waals surface area contributed by atoms with Crippen LogP contribution in [0.4, 0.5) is 21.6 Å². The van der Waals surface area contributed by atoms with Crippen molar-refractivity contribution in [3.63, 3.8) is 0 Å². The second kappa shape index (κ2) is 8.63. The fourth-order valence-electron chi connectivity index (χ4n) is 3.67. The highest BCUT2D eigenvalue weighted by Gasteiger charge is 2.11. The molecule has 0 fully saturated rings. The number of hydrogen-bond acceptors (Lipinski definition) is 5. The van der Waals surface area contributed by atoms with Gasteiger partial charge in [0.2, 0.25) is 0 Å². The second-order valence-corrected chi connectivity index (χ2v) is 7.81. The van der Waals surface area contributed by atoms with Gasteiger partial charge in [-0.2, -0.15) is 0 Å². The molecule has 0 bridgehead atoms. The van der Waals surface area contributed by atoms with E-state index in [1.807, 2.05) is 61.5 Å². The zero-order valence-electron chi connectivity index (χ0n) is 18.0. The van der Waals surface area contributed by atoms with Crippen molar-refractivity contribution in [3.8, 4) is 17.0 Å². The van der Waals surface area contributed by atoms with Crippen LogP contribution in [0.3, 0.4) is 0 Å². The van der Waals surface area contributed by atoms with E-state index in [-0.39, 0.29) is 5.82 Å². The third-order valence-corrected chi connectivity index (χ3v) is 5.36. The van der Waals surface area contributed by atoms with Crippen LogP contribution in [-0.2, 0) is 6.61 Å². The maximum absolute atomic E-state index is 13.4. The normalized spacial score (nSPS) is 11.0. The van der Waals surface area contributed by atoms with Crippen LogP contribution in [0, 0.1) is 12.7 Å². The summed E-state index contributed by atoms with van der Waals surface area (Å²) in [7, 11) is 0.